The van der Waals surface area contributed by atoms with Crippen molar-refractivity contribution in [3.63, 3.8) is 0 Å². The van der Waals surface area contributed by atoms with E-state index in [1.54, 1.807) is 0 Å². The van der Waals surface area contributed by atoms with Crippen LogP contribution in [0, 0.1) is 0 Å². The third-order valence-electron chi connectivity index (χ3n) is 1.81. The van der Waals surface area contributed by atoms with Crippen LogP contribution in [-0.2, 0) is 4.79 Å². The molecule has 0 spiro atoms. The summed E-state index contributed by atoms with van der Waals surface area (Å²) >= 11 is 1.42. The van der Waals surface area contributed by atoms with Gasteiger partial charge in [0.05, 0.1) is 5.75 Å². The molecule has 0 atom stereocenters. The minimum absolute atomic E-state index is 0.0563. The average molecular weight is 201 g/mol. The average Bonchev–Trinajstić information content (AvgIpc) is 2.43. The number of carbonyl (C=O) groups excluding carboxylic acids is 1. The summed E-state index contributed by atoms with van der Waals surface area (Å²) in [5.41, 5.74) is 0. The smallest absolute Gasteiger partial charge is 0.253 e. The van der Waals surface area contributed by atoms with Crippen LogP contribution in [0.5, 0.6) is 0 Å². The number of amidine groups is 1. The minimum atomic E-state index is -0.0563. The van der Waals surface area contributed by atoms with Gasteiger partial charge < -0.3 is 0 Å². The molecule has 0 aromatic carbocycles. The van der Waals surface area contributed by atoms with E-state index in [0.29, 0.717) is 10.9 Å². The van der Waals surface area contributed by atoms with Crippen molar-refractivity contribution in [3.05, 3.63) is 0 Å². The molecule has 1 heterocycles. The second-order valence-electron chi connectivity index (χ2n) is 2.92. The van der Waals surface area contributed by atoms with Crippen molar-refractivity contribution in [1.82, 2.24) is 5.01 Å². The van der Waals surface area contributed by atoms with E-state index in [4.69, 9.17) is 5.84 Å². The van der Waals surface area contributed by atoms with E-state index in [0.717, 1.165) is 18.0 Å². The molecule has 1 fully saturated rings. The van der Waals surface area contributed by atoms with Crippen LogP contribution < -0.4 is 5.84 Å². The van der Waals surface area contributed by atoms with E-state index in [1.807, 2.05) is 0 Å². The van der Waals surface area contributed by atoms with Gasteiger partial charge in [0, 0.05) is 6.54 Å². The largest absolute Gasteiger partial charge is 0.272 e. The predicted octanol–water partition coefficient (Wildman–Crippen LogP) is 0.982. The summed E-state index contributed by atoms with van der Waals surface area (Å²) in [7, 11) is 0. The molecule has 0 saturated carbocycles. The zero-order chi connectivity index (χ0) is 9.68. The number of hydrogen-bond acceptors (Lipinski definition) is 4. The number of hydrogen-bond donors (Lipinski definition) is 1. The lowest BCUT2D eigenvalue weighted by Gasteiger charge is -2.06. The zero-order valence-electron chi connectivity index (χ0n) is 7.82. The molecule has 1 aliphatic rings. The summed E-state index contributed by atoms with van der Waals surface area (Å²) in [6.45, 7) is 2.92. The molecule has 0 aliphatic carbocycles. The summed E-state index contributed by atoms with van der Waals surface area (Å²) in [4.78, 5) is 15.2. The summed E-state index contributed by atoms with van der Waals surface area (Å²) in [5, 5.41) is 1.82. The lowest BCUT2D eigenvalue weighted by Crippen LogP contribution is -2.36. The van der Waals surface area contributed by atoms with Crippen LogP contribution in [0.2, 0.25) is 0 Å². The Morgan fingerprint density at radius 1 is 1.62 bits per heavy atom. The molecular weight excluding hydrogens is 186 g/mol. The quantitative estimate of drug-likeness (QED) is 0.419. The van der Waals surface area contributed by atoms with Crippen molar-refractivity contribution >= 4 is 22.8 Å². The third kappa shape index (κ3) is 3.00. The van der Waals surface area contributed by atoms with E-state index < -0.39 is 0 Å². The van der Waals surface area contributed by atoms with Gasteiger partial charge in [-0.05, 0) is 6.42 Å². The first-order valence-electron chi connectivity index (χ1n) is 4.50. The monoisotopic (exact) mass is 201 g/mol. The van der Waals surface area contributed by atoms with Gasteiger partial charge in [-0.3, -0.25) is 9.79 Å². The minimum Gasteiger partial charge on any atom is -0.272 e. The molecule has 1 saturated heterocycles. The Morgan fingerprint density at radius 3 is 2.92 bits per heavy atom. The zero-order valence-corrected chi connectivity index (χ0v) is 8.64. The highest BCUT2D eigenvalue weighted by Gasteiger charge is 2.24. The number of carbonyl (C=O) groups is 1. The Labute approximate surface area is 82.5 Å². The van der Waals surface area contributed by atoms with Crippen molar-refractivity contribution in [2.45, 2.75) is 26.2 Å². The van der Waals surface area contributed by atoms with Crippen LogP contribution in [0.1, 0.15) is 26.2 Å². The second-order valence-corrected chi connectivity index (χ2v) is 3.87. The van der Waals surface area contributed by atoms with Gasteiger partial charge in [0.2, 0.25) is 0 Å². The standard InChI is InChI=1S/C8H15N3OS/c1-2-3-4-5-10-8-11(9)7(12)6-13-8/h2-6,9H2,1H3. The van der Waals surface area contributed by atoms with E-state index >= 15 is 0 Å². The van der Waals surface area contributed by atoms with E-state index in [2.05, 4.69) is 11.9 Å². The Bertz CT molecular complexity index is 217. The molecule has 5 heteroatoms. The highest BCUT2D eigenvalue weighted by Crippen LogP contribution is 2.15. The molecule has 74 valence electrons. The predicted molar refractivity (Wildman–Crippen MR) is 55.3 cm³/mol. The molecule has 0 bridgehead atoms. The number of nitrogens with zero attached hydrogens (tertiary/aromatic N) is 2. The second kappa shape index (κ2) is 5.24. The van der Waals surface area contributed by atoms with Gasteiger partial charge in [0.15, 0.2) is 5.17 Å². The number of hydrazine groups is 1. The summed E-state index contributed by atoms with van der Waals surface area (Å²) in [6, 6.07) is 0. The molecule has 0 radical (unpaired) electrons. The number of thioether (sulfide) groups is 1. The Kier molecular flexibility index (Phi) is 4.24. The molecular formula is C8H15N3OS. The first-order valence-corrected chi connectivity index (χ1v) is 5.49. The van der Waals surface area contributed by atoms with Crippen molar-refractivity contribution in [2.24, 2.45) is 10.8 Å². The maximum absolute atomic E-state index is 11.0. The lowest BCUT2D eigenvalue weighted by molar-refractivity contribution is -0.124. The maximum atomic E-state index is 11.0. The fourth-order valence-corrected chi connectivity index (χ4v) is 1.85. The molecule has 2 N–H and O–H groups in total. The van der Waals surface area contributed by atoms with Gasteiger partial charge in [-0.2, -0.15) is 0 Å². The third-order valence-corrected chi connectivity index (χ3v) is 2.78. The summed E-state index contributed by atoms with van der Waals surface area (Å²) in [5.74, 6) is 5.85. The normalized spacial score (nSPS) is 20.3. The fourth-order valence-electron chi connectivity index (χ4n) is 1.03. The van der Waals surface area contributed by atoms with Crippen LogP contribution in [0.3, 0.4) is 0 Å². The Morgan fingerprint density at radius 2 is 2.38 bits per heavy atom. The number of amides is 1. The van der Waals surface area contributed by atoms with E-state index in [9.17, 15) is 4.79 Å². The van der Waals surface area contributed by atoms with Crippen molar-refractivity contribution < 1.29 is 4.79 Å². The van der Waals surface area contributed by atoms with Crippen molar-refractivity contribution in [2.75, 3.05) is 12.3 Å². The number of aliphatic imine (C=N–C) groups is 1. The maximum Gasteiger partial charge on any atom is 0.253 e. The Balaban J connectivity index is 2.30. The molecule has 1 aliphatic heterocycles. The lowest BCUT2D eigenvalue weighted by atomic mass is 10.2. The highest BCUT2D eigenvalue weighted by molar-refractivity contribution is 8.15. The molecule has 4 nitrogen and oxygen atoms in total. The summed E-state index contributed by atoms with van der Waals surface area (Å²) in [6.07, 6.45) is 3.44. The molecule has 13 heavy (non-hydrogen) atoms. The summed E-state index contributed by atoms with van der Waals surface area (Å²) < 4.78 is 0. The van der Waals surface area contributed by atoms with Crippen LogP contribution in [-0.4, -0.2) is 28.4 Å². The van der Waals surface area contributed by atoms with Crippen LogP contribution in [0.15, 0.2) is 4.99 Å². The van der Waals surface area contributed by atoms with E-state index in [1.165, 1.54) is 24.6 Å². The van der Waals surface area contributed by atoms with Crippen LogP contribution in [0.4, 0.5) is 0 Å². The van der Waals surface area contributed by atoms with Crippen LogP contribution >= 0.6 is 11.8 Å². The molecule has 1 rings (SSSR count). The number of unbranched alkanes of at least 4 members (excludes halogenated alkanes) is 2. The van der Waals surface area contributed by atoms with Gasteiger partial charge in [0.25, 0.3) is 5.91 Å². The van der Waals surface area contributed by atoms with Gasteiger partial charge in [0.1, 0.15) is 0 Å². The molecule has 0 unspecified atom stereocenters. The van der Waals surface area contributed by atoms with Crippen LogP contribution in [0.25, 0.3) is 0 Å². The fraction of sp³-hybridized carbons (Fsp3) is 0.750. The number of rotatable bonds is 4. The molecule has 0 aromatic heterocycles. The van der Waals surface area contributed by atoms with Gasteiger partial charge in [-0.15, -0.1) is 0 Å². The van der Waals surface area contributed by atoms with Crippen molar-refractivity contribution in [3.8, 4) is 0 Å². The first-order chi connectivity index (χ1) is 6.25. The SMILES string of the molecule is CCCCCN=C1SCC(=O)N1N. The van der Waals surface area contributed by atoms with Crippen molar-refractivity contribution in [1.29, 1.82) is 0 Å². The molecule has 0 aromatic rings. The number of nitrogens with two attached hydrogens (primary N) is 1. The van der Waals surface area contributed by atoms with E-state index in [-0.39, 0.29) is 5.91 Å². The van der Waals surface area contributed by atoms with Gasteiger partial charge in [-0.1, -0.05) is 31.5 Å². The Hall–Kier alpha value is -0.550. The topological polar surface area (TPSA) is 58.7 Å². The first kappa shape index (κ1) is 10.5. The molecule has 1 amide bonds. The highest BCUT2D eigenvalue weighted by atomic mass is 32.2. The van der Waals surface area contributed by atoms with Gasteiger partial charge >= 0.3 is 0 Å². The van der Waals surface area contributed by atoms with Gasteiger partial charge in [-0.25, -0.2) is 10.9 Å².